The summed E-state index contributed by atoms with van der Waals surface area (Å²) in [7, 11) is 0. The van der Waals surface area contributed by atoms with Crippen molar-refractivity contribution in [2.75, 3.05) is 13.1 Å². The molecule has 0 saturated heterocycles. The molecule has 0 aliphatic carbocycles. The molecule has 1 aromatic rings. The lowest BCUT2D eigenvalue weighted by Crippen LogP contribution is -2.56. The number of unbranched alkanes of at least 4 members (excludes halogenated alkanes) is 1. The van der Waals surface area contributed by atoms with Crippen molar-refractivity contribution in [3.63, 3.8) is 0 Å². The first-order chi connectivity index (χ1) is 22.5. The fourth-order valence-electron chi connectivity index (χ4n) is 4.45. The predicted molar refractivity (Wildman–Crippen MR) is 175 cm³/mol. The fourth-order valence-corrected chi connectivity index (χ4v) is 4.45. The summed E-state index contributed by atoms with van der Waals surface area (Å²) in [5.41, 5.74) is 22.6. The van der Waals surface area contributed by atoms with Crippen molar-refractivity contribution in [2.24, 2.45) is 33.8 Å². The number of aliphatic carboxylic acids is 2. The molecule has 18 nitrogen and oxygen atoms in total. The second kappa shape index (κ2) is 21.0. The van der Waals surface area contributed by atoms with E-state index in [0.717, 1.165) is 0 Å². The Balaban J connectivity index is 2.94. The van der Waals surface area contributed by atoms with E-state index in [2.05, 4.69) is 26.3 Å². The molecule has 1 rings (SSSR count). The molecule has 0 spiro atoms. The maximum absolute atomic E-state index is 13.1. The van der Waals surface area contributed by atoms with Gasteiger partial charge in [0.25, 0.3) is 0 Å². The number of benzene rings is 1. The number of carboxylic acids is 2. The minimum Gasteiger partial charge on any atom is -0.508 e. The highest BCUT2D eigenvalue weighted by Crippen LogP contribution is 2.12. The number of amides is 4. The van der Waals surface area contributed by atoms with E-state index in [-0.39, 0.29) is 37.5 Å². The Morgan fingerprint density at radius 2 is 1.35 bits per heavy atom. The van der Waals surface area contributed by atoms with Crippen LogP contribution in [0.15, 0.2) is 29.3 Å². The van der Waals surface area contributed by atoms with Crippen LogP contribution in [0, 0.1) is 5.92 Å². The Hall–Kier alpha value is -4.97. The predicted octanol–water partition coefficient (Wildman–Crippen LogP) is -2.40. The van der Waals surface area contributed by atoms with Gasteiger partial charge in [-0.05, 0) is 62.3 Å². The highest BCUT2D eigenvalue weighted by molar-refractivity contribution is 5.95. The molecular weight excluding hydrogens is 630 g/mol. The van der Waals surface area contributed by atoms with Gasteiger partial charge in [0.2, 0.25) is 23.6 Å². The second-order valence-electron chi connectivity index (χ2n) is 11.6. The van der Waals surface area contributed by atoms with E-state index in [4.69, 9.17) is 22.9 Å². The van der Waals surface area contributed by atoms with Crippen LogP contribution in [0.3, 0.4) is 0 Å². The number of rotatable bonds is 22. The average Bonchev–Trinajstić information content (AvgIpc) is 3.01. The Morgan fingerprint density at radius 1 is 0.771 bits per heavy atom. The van der Waals surface area contributed by atoms with Crippen LogP contribution in [0.2, 0.25) is 0 Å². The van der Waals surface area contributed by atoms with Gasteiger partial charge in [0, 0.05) is 13.0 Å². The molecule has 0 unspecified atom stereocenters. The summed E-state index contributed by atoms with van der Waals surface area (Å²) in [6.45, 7) is 3.75. The van der Waals surface area contributed by atoms with Gasteiger partial charge in [-0.1, -0.05) is 26.0 Å². The molecule has 5 atom stereocenters. The third-order valence-corrected chi connectivity index (χ3v) is 7.14. The highest BCUT2D eigenvalue weighted by Gasteiger charge is 2.32. The van der Waals surface area contributed by atoms with Crippen LogP contribution in [0.1, 0.15) is 57.9 Å². The number of nitrogens with two attached hydrogens (primary N) is 4. The number of nitrogens with one attached hydrogen (secondary N) is 4. The first-order valence-electron chi connectivity index (χ1n) is 15.5. The summed E-state index contributed by atoms with van der Waals surface area (Å²) in [6, 6.07) is -0.815. The molecule has 0 aliphatic rings. The number of carbonyl (C=O) groups is 6. The lowest BCUT2D eigenvalue weighted by atomic mass is 10.0. The molecule has 0 heterocycles. The van der Waals surface area contributed by atoms with E-state index in [1.165, 1.54) is 24.3 Å². The molecule has 0 radical (unpaired) electrons. The van der Waals surface area contributed by atoms with Crippen molar-refractivity contribution >= 4 is 41.5 Å². The molecule has 0 bridgehead atoms. The van der Waals surface area contributed by atoms with Crippen molar-refractivity contribution < 1.29 is 44.1 Å². The Bertz CT molecular complexity index is 1270. The largest absolute Gasteiger partial charge is 0.508 e. The van der Waals surface area contributed by atoms with Crippen molar-refractivity contribution in [2.45, 2.75) is 89.0 Å². The summed E-state index contributed by atoms with van der Waals surface area (Å²) in [5, 5.41) is 38.5. The first kappa shape index (κ1) is 41.1. The third-order valence-electron chi connectivity index (χ3n) is 7.14. The van der Waals surface area contributed by atoms with E-state index in [0.29, 0.717) is 31.4 Å². The van der Waals surface area contributed by atoms with E-state index >= 15 is 0 Å². The Labute approximate surface area is 278 Å². The number of hydrogen-bond acceptors (Lipinski definition) is 10. The summed E-state index contributed by atoms with van der Waals surface area (Å²) in [4.78, 5) is 79.6. The molecule has 268 valence electrons. The molecule has 0 fully saturated rings. The Morgan fingerprint density at radius 3 is 1.90 bits per heavy atom. The average molecular weight is 680 g/mol. The normalized spacial score (nSPS) is 14.0. The van der Waals surface area contributed by atoms with Crippen LogP contribution in [-0.4, -0.2) is 100 Å². The van der Waals surface area contributed by atoms with Crippen molar-refractivity contribution in [1.82, 2.24) is 21.3 Å². The van der Waals surface area contributed by atoms with Crippen LogP contribution < -0.4 is 44.2 Å². The van der Waals surface area contributed by atoms with Gasteiger partial charge in [0.1, 0.15) is 29.9 Å². The standard InChI is InChI=1S/C30H49N9O9/c1-16(2)24(27(44)38-21(28(45)46)14-17-8-10-18(40)11-9-17)39-23(41)15-22(29(47)48)37-26(43)20(7-3-4-12-31)36-25(42)19(32)6-5-13-35-30(33)34/h8-11,16,19-22,24,40H,3-7,12-15,31-32H2,1-2H3,(H,36,42)(H,37,43)(H,38,44)(H,39,41)(H,45,46)(H,47,48)(H4,33,34,35)/t19-,20-,21-,22-,24-/m0/s1. The zero-order valence-electron chi connectivity index (χ0n) is 27.2. The first-order valence-corrected chi connectivity index (χ1v) is 15.5. The molecule has 48 heavy (non-hydrogen) atoms. The number of nitrogens with zero attached hydrogens (tertiary/aromatic N) is 1. The van der Waals surface area contributed by atoms with Gasteiger partial charge < -0.3 is 59.5 Å². The van der Waals surface area contributed by atoms with Crippen LogP contribution >= 0.6 is 0 Å². The number of carboxylic acid groups (broad SMARTS) is 2. The summed E-state index contributed by atoms with van der Waals surface area (Å²) in [5.74, 6) is -6.81. The van der Waals surface area contributed by atoms with Gasteiger partial charge in [-0.3, -0.25) is 24.2 Å². The molecule has 0 saturated carbocycles. The molecule has 4 amide bonds. The molecule has 15 N–H and O–H groups in total. The van der Waals surface area contributed by atoms with E-state index in [1.807, 2.05) is 0 Å². The highest BCUT2D eigenvalue weighted by atomic mass is 16.4. The third kappa shape index (κ3) is 15.5. The van der Waals surface area contributed by atoms with Crippen molar-refractivity contribution in [1.29, 1.82) is 0 Å². The molecule has 0 aliphatic heterocycles. The summed E-state index contributed by atoms with van der Waals surface area (Å²) < 4.78 is 0. The quantitative estimate of drug-likeness (QED) is 0.0346. The minimum absolute atomic E-state index is 0.0172. The van der Waals surface area contributed by atoms with E-state index in [9.17, 15) is 44.1 Å². The summed E-state index contributed by atoms with van der Waals surface area (Å²) in [6.07, 6.45) is 0.746. The maximum atomic E-state index is 13.1. The van der Waals surface area contributed by atoms with Gasteiger partial charge in [-0.2, -0.15) is 0 Å². The number of phenols is 1. The van der Waals surface area contributed by atoms with Crippen LogP contribution in [0.5, 0.6) is 5.75 Å². The van der Waals surface area contributed by atoms with E-state index in [1.54, 1.807) is 13.8 Å². The van der Waals surface area contributed by atoms with Crippen molar-refractivity contribution in [3.8, 4) is 5.75 Å². The number of hydrogen-bond donors (Lipinski definition) is 11. The smallest absolute Gasteiger partial charge is 0.326 e. The number of aromatic hydroxyl groups is 1. The number of carbonyl (C=O) groups excluding carboxylic acids is 4. The number of guanidine groups is 1. The zero-order chi connectivity index (χ0) is 36.4. The lowest BCUT2D eigenvalue weighted by Gasteiger charge is -2.25. The summed E-state index contributed by atoms with van der Waals surface area (Å²) >= 11 is 0. The monoisotopic (exact) mass is 679 g/mol. The van der Waals surface area contributed by atoms with Crippen LogP contribution in [0.25, 0.3) is 0 Å². The molecule has 0 aromatic heterocycles. The van der Waals surface area contributed by atoms with Crippen LogP contribution in [-0.2, 0) is 35.2 Å². The lowest BCUT2D eigenvalue weighted by molar-refractivity contribution is -0.144. The SMILES string of the molecule is CC(C)[C@H](NC(=O)C[C@H](NC(=O)[C@H](CCCCN)NC(=O)[C@@H](N)CCCN=C(N)N)C(=O)O)C(=O)N[C@@H](Cc1ccc(O)cc1)C(=O)O. The Kier molecular flexibility index (Phi) is 18.0. The second-order valence-corrected chi connectivity index (χ2v) is 11.6. The van der Waals surface area contributed by atoms with Gasteiger partial charge in [0.05, 0.1) is 12.5 Å². The fraction of sp³-hybridized carbons (Fsp3) is 0.567. The molecule has 18 heteroatoms. The minimum atomic E-state index is -1.74. The number of phenolic OH excluding ortho intramolecular Hbond substituents is 1. The van der Waals surface area contributed by atoms with Crippen molar-refractivity contribution in [3.05, 3.63) is 29.8 Å². The van der Waals surface area contributed by atoms with E-state index < -0.39 is 78.1 Å². The maximum Gasteiger partial charge on any atom is 0.326 e. The zero-order valence-corrected chi connectivity index (χ0v) is 27.2. The topological polar surface area (TPSA) is 328 Å². The van der Waals surface area contributed by atoms with Gasteiger partial charge in [0.15, 0.2) is 5.96 Å². The number of aliphatic imine (C=N–C) groups is 1. The molecular formula is C30H49N9O9. The van der Waals surface area contributed by atoms with Crippen LogP contribution in [0.4, 0.5) is 0 Å². The van der Waals surface area contributed by atoms with Gasteiger partial charge in [-0.15, -0.1) is 0 Å². The molecule has 1 aromatic carbocycles. The van der Waals surface area contributed by atoms with Gasteiger partial charge >= 0.3 is 11.9 Å². The van der Waals surface area contributed by atoms with Gasteiger partial charge in [-0.25, -0.2) is 9.59 Å².